The van der Waals surface area contributed by atoms with Gasteiger partial charge in [-0.2, -0.15) is 5.26 Å². The van der Waals surface area contributed by atoms with Crippen LogP contribution in [-0.4, -0.2) is 29.3 Å². The molecule has 0 atom stereocenters. The maximum Gasteiger partial charge on any atom is 0.302 e. The Hall–Kier alpha value is -0.890. The highest BCUT2D eigenvalue weighted by Crippen LogP contribution is 1.69. The summed E-state index contributed by atoms with van der Waals surface area (Å²) in [4.78, 5) is 9.82. The number of esters is 1. The van der Waals surface area contributed by atoms with Crippen LogP contribution in [0.25, 0.3) is 0 Å². The lowest BCUT2D eigenvalue weighted by Gasteiger charge is -1.89. The molecule has 0 amide bonds. The van der Waals surface area contributed by atoms with Gasteiger partial charge in [-0.25, -0.2) is 0 Å². The lowest BCUT2D eigenvalue weighted by Crippen LogP contribution is -1.95. The molecule has 78 valence electrons. The summed E-state index contributed by atoms with van der Waals surface area (Å²) in [5.41, 5.74) is 0. The Morgan fingerprint density at radius 3 is 1.77 bits per heavy atom. The van der Waals surface area contributed by atoms with Crippen LogP contribution in [0.2, 0.25) is 0 Å². The summed E-state index contributed by atoms with van der Waals surface area (Å²) in [5, 5.41) is 7.32. The molecule has 0 unspecified atom stereocenters. The van der Waals surface area contributed by atoms with Gasteiger partial charge in [-0.05, 0) is 6.92 Å². The van der Waals surface area contributed by atoms with E-state index in [4.69, 9.17) is 5.26 Å². The van der Waals surface area contributed by atoms with Gasteiger partial charge in [-0.15, -0.1) is 0 Å². The quantitative estimate of drug-likeness (QED) is 0.604. The molecule has 0 saturated heterocycles. The zero-order valence-corrected chi connectivity index (χ0v) is 9.60. The molecular weight excluding hydrogens is 190 g/mol. The van der Waals surface area contributed by atoms with Crippen LogP contribution in [0.4, 0.5) is 0 Å². The van der Waals surface area contributed by atoms with E-state index in [-0.39, 0.29) is 5.97 Å². The van der Waals surface area contributed by atoms with Crippen LogP contribution in [0, 0.1) is 11.3 Å². The Morgan fingerprint density at radius 1 is 1.54 bits per heavy atom. The molecule has 13 heavy (non-hydrogen) atoms. The highest BCUT2D eigenvalue weighted by molar-refractivity contribution is 7.83. The Bertz CT molecular complexity index is 171. The van der Waals surface area contributed by atoms with Crippen LogP contribution in [0.1, 0.15) is 20.8 Å². The summed E-state index contributed by atoms with van der Waals surface area (Å²) >= 11 is 0. The minimum Gasteiger partial charge on any atom is -0.466 e. The molecule has 0 radical (unpaired) electrons. The summed E-state index contributed by atoms with van der Waals surface area (Å²) < 4.78 is 14.0. The predicted octanol–water partition coefficient (Wildman–Crippen LogP) is 1.09. The zero-order valence-electron chi connectivity index (χ0n) is 8.79. The van der Waals surface area contributed by atoms with E-state index < -0.39 is 10.8 Å². The lowest BCUT2D eigenvalue weighted by atomic mass is 10.8. The average Bonchev–Trinajstić information content (AvgIpc) is 1.86. The molecule has 0 aromatic heterocycles. The van der Waals surface area contributed by atoms with E-state index in [0.717, 1.165) is 0 Å². The smallest absolute Gasteiger partial charge is 0.302 e. The van der Waals surface area contributed by atoms with Crippen molar-refractivity contribution >= 4 is 16.8 Å². The maximum atomic E-state index is 9.82. The van der Waals surface area contributed by atoms with Gasteiger partial charge in [0, 0.05) is 37.2 Å². The van der Waals surface area contributed by atoms with Crippen LogP contribution < -0.4 is 0 Å². The van der Waals surface area contributed by atoms with Crippen molar-refractivity contribution < 1.29 is 13.7 Å². The molecule has 0 heterocycles. The standard InChI is InChI=1S/C4H8O2.C2H3N.C2H6OS/c1-3-6-4(2)5;1-2-3;1-4(2)3/h3H2,1-2H3;1H3;1-2H3. The van der Waals surface area contributed by atoms with Crippen molar-refractivity contribution in [3.63, 3.8) is 0 Å². The Balaban J connectivity index is -0.000000125. The van der Waals surface area contributed by atoms with Crippen molar-refractivity contribution in [3.05, 3.63) is 0 Å². The molecular formula is C8H17NO3S. The van der Waals surface area contributed by atoms with E-state index in [0.29, 0.717) is 6.61 Å². The van der Waals surface area contributed by atoms with E-state index in [1.807, 2.05) is 0 Å². The number of carbonyl (C=O) groups is 1. The molecule has 4 nitrogen and oxygen atoms in total. The first-order valence-electron chi connectivity index (χ1n) is 3.61. The molecule has 0 rings (SSSR count). The van der Waals surface area contributed by atoms with Crippen LogP contribution >= 0.6 is 0 Å². The minimum absolute atomic E-state index is 0.211. The van der Waals surface area contributed by atoms with Gasteiger partial charge in [0.15, 0.2) is 0 Å². The summed E-state index contributed by atoms with van der Waals surface area (Å²) in [6, 6.07) is 1.75. The van der Waals surface area contributed by atoms with E-state index >= 15 is 0 Å². The molecule has 0 spiro atoms. The van der Waals surface area contributed by atoms with Gasteiger partial charge in [0.2, 0.25) is 0 Å². The Kier molecular flexibility index (Phi) is 23.9. The molecule has 0 fully saturated rings. The van der Waals surface area contributed by atoms with E-state index in [1.54, 1.807) is 25.5 Å². The Labute approximate surface area is 82.3 Å². The monoisotopic (exact) mass is 207 g/mol. The number of carbonyl (C=O) groups excluding carboxylic acids is 1. The summed E-state index contributed by atoms with van der Waals surface area (Å²) in [5.74, 6) is -0.211. The van der Waals surface area contributed by atoms with Gasteiger partial charge in [-0.3, -0.25) is 9.00 Å². The topological polar surface area (TPSA) is 67.2 Å². The number of nitriles is 1. The first-order chi connectivity index (χ1) is 5.92. The first-order valence-corrected chi connectivity index (χ1v) is 5.58. The first kappa shape index (κ1) is 18.0. The number of hydrogen-bond acceptors (Lipinski definition) is 4. The van der Waals surface area contributed by atoms with Gasteiger partial charge in [0.05, 0.1) is 12.7 Å². The molecule has 5 heteroatoms. The highest BCUT2D eigenvalue weighted by Gasteiger charge is 1.81. The lowest BCUT2D eigenvalue weighted by molar-refractivity contribution is -0.140. The number of nitrogens with zero attached hydrogens (tertiary/aromatic N) is 1. The summed E-state index contributed by atoms with van der Waals surface area (Å²) in [6.45, 7) is 5.08. The van der Waals surface area contributed by atoms with Crippen molar-refractivity contribution in [1.29, 1.82) is 5.26 Å². The second kappa shape index (κ2) is 17.3. The largest absolute Gasteiger partial charge is 0.466 e. The molecule has 0 bridgehead atoms. The molecule has 0 aliphatic heterocycles. The molecule has 0 saturated carbocycles. The molecule has 0 aliphatic carbocycles. The molecule has 0 aromatic carbocycles. The number of ether oxygens (including phenoxy) is 1. The molecule has 0 aliphatic rings. The molecule has 0 aromatic rings. The van der Waals surface area contributed by atoms with Crippen molar-refractivity contribution in [3.8, 4) is 6.07 Å². The highest BCUT2D eigenvalue weighted by atomic mass is 32.2. The predicted molar refractivity (Wildman–Crippen MR) is 53.6 cm³/mol. The fourth-order valence-corrected chi connectivity index (χ4v) is 0.203. The third-order valence-corrected chi connectivity index (χ3v) is 0.348. The van der Waals surface area contributed by atoms with Crippen molar-refractivity contribution in [2.45, 2.75) is 20.8 Å². The Morgan fingerprint density at radius 2 is 1.77 bits per heavy atom. The van der Waals surface area contributed by atoms with Gasteiger partial charge < -0.3 is 4.74 Å². The van der Waals surface area contributed by atoms with Gasteiger partial charge >= 0.3 is 5.97 Å². The summed E-state index contributed by atoms with van der Waals surface area (Å²) in [7, 11) is -0.611. The van der Waals surface area contributed by atoms with Crippen LogP contribution in [0.3, 0.4) is 0 Å². The van der Waals surface area contributed by atoms with Crippen molar-refractivity contribution in [2.24, 2.45) is 0 Å². The van der Waals surface area contributed by atoms with E-state index in [1.165, 1.54) is 13.8 Å². The number of hydrogen-bond donors (Lipinski definition) is 0. The van der Waals surface area contributed by atoms with Crippen LogP contribution in [0.5, 0.6) is 0 Å². The fraction of sp³-hybridized carbons (Fsp3) is 0.750. The van der Waals surface area contributed by atoms with Crippen molar-refractivity contribution in [2.75, 3.05) is 19.1 Å². The SMILES string of the molecule is CC#N.CCOC(C)=O.CS(C)=O. The third-order valence-electron chi connectivity index (χ3n) is 0.348. The third kappa shape index (κ3) is 207. The molecule has 0 N–H and O–H groups in total. The number of rotatable bonds is 1. The second-order valence-electron chi connectivity index (χ2n) is 1.89. The van der Waals surface area contributed by atoms with Gasteiger partial charge in [-0.1, -0.05) is 0 Å². The van der Waals surface area contributed by atoms with Gasteiger partial charge in [0.1, 0.15) is 0 Å². The minimum atomic E-state index is -0.611. The zero-order chi connectivity index (χ0) is 11.3. The van der Waals surface area contributed by atoms with Crippen LogP contribution in [0.15, 0.2) is 0 Å². The van der Waals surface area contributed by atoms with E-state index in [2.05, 4.69) is 4.74 Å². The summed E-state index contributed by atoms with van der Waals surface area (Å²) in [6.07, 6.45) is 3.28. The van der Waals surface area contributed by atoms with Crippen LogP contribution in [-0.2, 0) is 20.3 Å². The van der Waals surface area contributed by atoms with Gasteiger partial charge in [0.25, 0.3) is 0 Å². The second-order valence-corrected chi connectivity index (χ2v) is 3.37. The fourth-order valence-electron chi connectivity index (χ4n) is 0.203. The average molecular weight is 207 g/mol. The normalized spacial score (nSPS) is 6.85. The van der Waals surface area contributed by atoms with Crippen molar-refractivity contribution in [1.82, 2.24) is 0 Å². The maximum absolute atomic E-state index is 9.82. The van der Waals surface area contributed by atoms with E-state index in [9.17, 15) is 9.00 Å².